The molecule has 3 aromatic rings. The minimum Gasteiger partial charge on any atom is -0.495 e. The number of thiophene rings is 1. The van der Waals surface area contributed by atoms with Gasteiger partial charge in [-0.05, 0) is 72.8 Å². The molecule has 8 nitrogen and oxygen atoms in total. The highest BCUT2D eigenvalue weighted by Crippen LogP contribution is 2.41. The molecule has 39 heavy (non-hydrogen) atoms. The summed E-state index contributed by atoms with van der Waals surface area (Å²) in [7, 11) is 1.73. The first kappa shape index (κ1) is 27.8. The molecule has 1 fully saturated rings. The third-order valence-electron chi connectivity index (χ3n) is 8.29. The number of hydrogen-bond acceptors (Lipinski definition) is 8. The maximum atomic E-state index is 12.6. The van der Waals surface area contributed by atoms with Crippen LogP contribution in [-0.2, 0) is 28.8 Å². The molecule has 9 heteroatoms. The van der Waals surface area contributed by atoms with Gasteiger partial charge in [-0.25, -0.2) is 9.97 Å². The predicted octanol–water partition coefficient (Wildman–Crippen LogP) is 5.42. The highest BCUT2D eigenvalue weighted by atomic mass is 32.1. The molecular weight excluding hydrogens is 510 g/mol. The van der Waals surface area contributed by atoms with Crippen LogP contribution in [0.1, 0.15) is 68.0 Å². The second-order valence-corrected chi connectivity index (χ2v) is 12.1. The Bertz CT molecular complexity index is 1320. The van der Waals surface area contributed by atoms with Crippen molar-refractivity contribution in [2.24, 2.45) is 5.92 Å². The summed E-state index contributed by atoms with van der Waals surface area (Å²) in [5.74, 6) is 2.77. The third kappa shape index (κ3) is 5.90. The summed E-state index contributed by atoms with van der Waals surface area (Å²) in [5.41, 5.74) is 4.94. The Balaban J connectivity index is 1.36. The summed E-state index contributed by atoms with van der Waals surface area (Å²) in [6.45, 7) is 11.3. The van der Waals surface area contributed by atoms with E-state index >= 15 is 0 Å². The molecule has 2 N–H and O–H groups in total. The molecule has 0 spiro atoms. The zero-order valence-corrected chi connectivity index (χ0v) is 24.6. The van der Waals surface area contributed by atoms with Crippen LogP contribution in [0.5, 0.6) is 5.75 Å². The molecular formula is C30H41N5O3S. The summed E-state index contributed by atoms with van der Waals surface area (Å²) in [6.07, 6.45) is 6.30. The molecule has 0 bridgehead atoms. The van der Waals surface area contributed by atoms with Crippen LogP contribution >= 0.6 is 11.3 Å². The zero-order valence-electron chi connectivity index (χ0n) is 23.8. The van der Waals surface area contributed by atoms with Gasteiger partial charge in [-0.3, -0.25) is 4.79 Å². The fourth-order valence-electron chi connectivity index (χ4n) is 5.64. The molecule has 1 aromatic carbocycles. The monoisotopic (exact) mass is 551 g/mol. The number of ether oxygens (including phenoxy) is 2. The van der Waals surface area contributed by atoms with Gasteiger partial charge in [0.15, 0.2) is 0 Å². The number of carbonyl (C=O) groups is 1. The van der Waals surface area contributed by atoms with Crippen molar-refractivity contribution in [3.05, 3.63) is 40.0 Å². The zero-order chi connectivity index (χ0) is 27.5. The molecule has 2 atom stereocenters. The van der Waals surface area contributed by atoms with Gasteiger partial charge in [0.25, 0.3) is 0 Å². The van der Waals surface area contributed by atoms with Crippen molar-refractivity contribution in [3.8, 4) is 5.75 Å². The number of benzene rings is 1. The lowest BCUT2D eigenvalue weighted by Crippen LogP contribution is -2.46. The van der Waals surface area contributed by atoms with E-state index in [2.05, 4.69) is 60.4 Å². The molecule has 2 unspecified atom stereocenters. The van der Waals surface area contributed by atoms with Gasteiger partial charge in [0.1, 0.15) is 29.5 Å². The Morgan fingerprint density at radius 3 is 2.85 bits per heavy atom. The standard InChI is InChI=1S/C30H41N5O3S/c1-6-20-12-24(25(37-5)14-23(20)19(4)18(2)3)34-29-28-22-9-8-21(13-26(22)39-30(28)33-16-32-29)31-15-27(36)35-10-7-11-38-17-35/h12,14,16,18-19,21,31H,6-11,13,15,17H2,1-5H3,(H,32,33,34). The molecule has 0 radical (unpaired) electrons. The number of aromatic nitrogens is 2. The number of rotatable bonds is 9. The van der Waals surface area contributed by atoms with E-state index in [9.17, 15) is 4.79 Å². The minimum atomic E-state index is 0.114. The van der Waals surface area contributed by atoms with Crippen LogP contribution in [0.2, 0.25) is 0 Å². The number of hydrogen-bond donors (Lipinski definition) is 2. The van der Waals surface area contributed by atoms with Gasteiger partial charge in [0.05, 0.1) is 31.3 Å². The maximum absolute atomic E-state index is 12.6. The number of methoxy groups -OCH3 is 1. The van der Waals surface area contributed by atoms with Gasteiger partial charge in [0.2, 0.25) is 5.91 Å². The summed E-state index contributed by atoms with van der Waals surface area (Å²) in [6, 6.07) is 4.69. The quantitative estimate of drug-likeness (QED) is 0.367. The molecule has 3 heterocycles. The van der Waals surface area contributed by atoms with E-state index in [4.69, 9.17) is 9.47 Å². The van der Waals surface area contributed by atoms with E-state index in [0.717, 1.165) is 72.7 Å². The lowest BCUT2D eigenvalue weighted by molar-refractivity contribution is -0.139. The van der Waals surface area contributed by atoms with Gasteiger partial charge in [0, 0.05) is 17.5 Å². The number of amides is 1. The number of nitrogens with zero attached hydrogens (tertiary/aromatic N) is 3. The molecule has 2 aromatic heterocycles. The lowest BCUT2D eigenvalue weighted by atomic mass is 9.86. The van der Waals surface area contributed by atoms with E-state index in [1.54, 1.807) is 29.7 Å². The maximum Gasteiger partial charge on any atom is 0.238 e. The molecule has 1 saturated heterocycles. The number of nitrogens with one attached hydrogen (secondary N) is 2. The highest BCUT2D eigenvalue weighted by molar-refractivity contribution is 7.19. The number of anilines is 2. The van der Waals surface area contributed by atoms with E-state index in [-0.39, 0.29) is 11.9 Å². The second kappa shape index (κ2) is 12.2. The van der Waals surface area contributed by atoms with E-state index in [0.29, 0.717) is 25.1 Å². The van der Waals surface area contributed by atoms with E-state index < -0.39 is 0 Å². The fraction of sp³-hybridized carbons (Fsp3) is 0.567. The number of carbonyl (C=O) groups excluding carboxylic acids is 1. The molecule has 1 amide bonds. The van der Waals surface area contributed by atoms with Crippen molar-refractivity contribution in [1.29, 1.82) is 0 Å². The van der Waals surface area contributed by atoms with Gasteiger partial charge in [-0.1, -0.05) is 27.7 Å². The van der Waals surface area contributed by atoms with Crippen LogP contribution in [0, 0.1) is 5.92 Å². The summed E-state index contributed by atoms with van der Waals surface area (Å²) in [4.78, 5) is 26.0. The first-order valence-corrected chi connectivity index (χ1v) is 15.0. The lowest BCUT2D eigenvalue weighted by Gasteiger charge is -2.28. The largest absolute Gasteiger partial charge is 0.495 e. The second-order valence-electron chi connectivity index (χ2n) is 11.0. The summed E-state index contributed by atoms with van der Waals surface area (Å²) in [5, 5.41) is 8.22. The fourth-order valence-corrected chi connectivity index (χ4v) is 6.91. The topological polar surface area (TPSA) is 88.6 Å². The van der Waals surface area contributed by atoms with Crippen molar-refractivity contribution >= 4 is 39.0 Å². The van der Waals surface area contributed by atoms with Crippen molar-refractivity contribution in [3.63, 3.8) is 0 Å². The summed E-state index contributed by atoms with van der Waals surface area (Å²) < 4.78 is 11.3. The van der Waals surface area contributed by atoms with Crippen LogP contribution in [0.25, 0.3) is 10.2 Å². The molecule has 1 aliphatic heterocycles. The third-order valence-corrected chi connectivity index (χ3v) is 9.45. The van der Waals surface area contributed by atoms with Crippen LogP contribution in [-0.4, -0.2) is 60.4 Å². The highest BCUT2D eigenvalue weighted by Gasteiger charge is 2.27. The molecule has 2 aliphatic rings. The first-order valence-electron chi connectivity index (χ1n) is 14.2. The first-order chi connectivity index (χ1) is 18.9. The average molecular weight is 552 g/mol. The normalized spacial score (nSPS) is 18.3. The number of aryl methyl sites for hydroxylation is 2. The molecule has 210 valence electrons. The Kier molecular flexibility index (Phi) is 8.69. The van der Waals surface area contributed by atoms with Gasteiger partial charge >= 0.3 is 0 Å². The Morgan fingerprint density at radius 1 is 1.28 bits per heavy atom. The van der Waals surface area contributed by atoms with Crippen LogP contribution in [0.15, 0.2) is 18.5 Å². The van der Waals surface area contributed by atoms with Gasteiger partial charge in [-0.15, -0.1) is 11.3 Å². The van der Waals surface area contributed by atoms with Gasteiger partial charge < -0.3 is 25.0 Å². The molecule has 1 aliphatic carbocycles. The van der Waals surface area contributed by atoms with Crippen LogP contribution in [0.4, 0.5) is 11.5 Å². The molecule has 5 rings (SSSR count). The van der Waals surface area contributed by atoms with Crippen molar-refractivity contribution < 1.29 is 14.3 Å². The SMILES string of the molecule is CCc1cc(Nc2ncnc3sc4c(c23)CCC(NCC(=O)N2CCCOC2)C4)c(OC)cc1C(C)C(C)C. The van der Waals surface area contributed by atoms with Crippen LogP contribution < -0.4 is 15.4 Å². The van der Waals surface area contributed by atoms with E-state index in [1.807, 2.05) is 0 Å². The minimum absolute atomic E-state index is 0.114. The van der Waals surface area contributed by atoms with Gasteiger partial charge in [-0.2, -0.15) is 0 Å². The summed E-state index contributed by atoms with van der Waals surface area (Å²) >= 11 is 1.74. The van der Waals surface area contributed by atoms with Crippen LogP contribution in [0.3, 0.4) is 0 Å². The van der Waals surface area contributed by atoms with Crippen molar-refractivity contribution in [2.75, 3.05) is 38.9 Å². The predicted molar refractivity (Wildman–Crippen MR) is 157 cm³/mol. The number of fused-ring (bicyclic) bond motifs is 3. The average Bonchev–Trinajstić information content (AvgIpc) is 3.34. The van der Waals surface area contributed by atoms with Crippen molar-refractivity contribution in [1.82, 2.24) is 20.2 Å². The Labute approximate surface area is 235 Å². The smallest absolute Gasteiger partial charge is 0.238 e. The Hall–Kier alpha value is -2.75. The molecule has 0 saturated carbocycles. The Morgan fingerprint density at radius 2 is 2.13 bits per heavy atom. The van der Waals surface area contributed by atoms with E-state index in [1.165, 1.54) is 21.6 Å². The van der Waals surface area contributed by atoms with Crippen molar-refractivity contribution in [2.45, 2.75) is 71.8 Å².